The van der Waals surface area contributed by atoms with Crippen LogP contribution in [0.4, 0.5) is 21.7 Å². The van der Waals surface area contributed by atoms with Gasteiger partial charge >= 0.3 is 0 Å². The van der Waals surface area contributed by atoms with Gasteiger partial charge in [0.05, 0.1) is 0 Å². The lowest BCUT2D eigenvalue weighted by Crippen LogP contribution is -2.20. The highest BCUT2D eigenvalue weighted by Crippen LogP contribution is 2.27. The van der Waals surface area contributed by atoms with E-state index in [0.717, 1.165) is 23.1 Å². The molecule has 0 amide bonds. The monoisotopic (exact) mass is 288 g/mol. The summed E-state index contributed by atoms with van der Waals surface area (Å²) >= 11 is 0. The van der Waals surface area contributed by atoms with E-state index in [1.165, 1.54) is 12.1 Å². The predicted molar refractivity (Wildman–Crippen MR) is 84.7 cm³/mol. The highest BCUT2D eigenvalue weighted by Gasteiger charge is 2.20. The van der Waals surface area contributed by atoms with Crippen molar-refractivity contribution in [1.29, 1.82) is 0 Å². The molecule has 5 heteroatoms. The minimum Gasteiger partial charge on any atom is -0.373 e. The van der Waals surface area contributed by atoms with Gasteiger partial charge < -0.3 is 10.2 Å². The maximum absolute atomic E-state index is 13.4. The molecule has 112 valence electrons. The van der Waals surface area contributed by atoms with Crippen LogP contribution in [0.1, 0.15) is 26.6 Å². The largest absolute Gasteiger partial charge is 0.373 e. The van der Waals surface area contributed by atoms with Gasteiger partial charge in [-0.3, -0.25) is 0 Å². The molecule has 0 aliphatic heterocycles. The van der Waals surface area contributed by atoms with Crippen LogP contribution >= 0.6 is 0 Å². The van der Waals surface area contributed by atoms with Gasteiger partial charge in [0.2, 0.25) is 0 Å². The number of nitrogens with zero attached hydrogens (tertiary/aromatic N) is 3. The standard InChI is InChI=1S/C16H21FN4/c1-16(2,3)15-19-13(18-4)10-14(20-15)21(5)12-8-6-7-11(17)9-12/h6-10H,1-5H3,(H,18,19,20). The Labute approximate surface area is 125 Å². The van der Waals surface area contributed by atoms with Crippen LogP contribution < -0.4 is 10.2 Å². The third kappa shape index (κ3) is 3.48. The molecule has 0 saturated heterocycles. The van der Waals surface area contributed by atoms with Crippen LogP contribution in [0.5, 0.6) is 0 Å². The van der Waals surface area contributed by atoms with Crippen molar-refractivity contribution in [3.63, 3.8) is 0 Å². The Morgan fingerprint density at radius 2 is 1.86 bits per heavy atom. The van der Waals surface area contributed by atoms with Crippen molar-refractivity contribution in [2.24, 2.45) is 0 Å². The number of rotatable bonds is 3. The minimum absolute atomic E-state index is 0.162. The summed E-state index contributed by atoms with van der Waals surface area (Å²) in [5.41, 5.74) is 0.584. The van der Waals surface area contributed by atoms with E-state index in [4.69, 9.17) is 0 Å². The van der Waals surface area contributed by atoms with Crippen molar-refractivity contribution < 1.29 is 4.39 Å². The lowest BCUT2D eigenvalue weighted by molar-refractivity contribution is 0.546. The summed E-state index contributed by atoms with van der Waals surface area (Å²) in [5.74, 6) is 1.95. The molecular formula is C16H21FN4. The topological polar surface area (TPSA) is 41.0 Å². The zero-order chi connectivity index (χ0) is 15.6. The molecule has 0 bridgehead atoms. The van der Waals surface area contributed by atoms with E-state index in [2.05, 4.69) is 36.1 Å². The average Bonchev–Trinajstić information content (AvgIpc) is 2.45. The number of halogens is 1. The van der Waals surface area contributed by atoms with Crippen LogP contribution in [0.25, 0.3) is 0 Å². The molecule has 1 heterocycles. The maximum Gasteiger partial charge on any atom is 0.138 e. The van der Waals surface area contributed by atoms with Crippen LogP contribution in [0.2, 0.25) is 0 Å². The second-order valence-corrected chi connectivity index (χ2v) is 5.97. The fourth-order valence-electron chi connectivity index (χ4n) is 1.89. The Hall–Kier alpha value is -2.17. The molecule has 21 heavy (non-hydrogen) atoms. The summed E-state index contributed by atoms with van der Waals surface area (Å²) in [6, 6.07) is 8.29. The SMILES string of the molecule is CNc1cc(N(C)c2cccc(F)c2)nc(C(C)(C)C)n1. The van der Waals surface area contributed by atoms with Crippen LogP contribution in [-0.4, -0.2) is 24.1 Å². The van der Waals surface area contributed by atoms with Crippen molar-refractivity contribution in [2.75, 3.05) is 24.3 Å². The van der Waals surface area contributed by atoms with Gasteiger partial charge in [0.25, 0.3) is 0 Å². The summed E-state index contributed by atoms with van der Waals surface area (Å²) in [6.45, 7) is 6.19. The molecular weight excluding hydrogens is 267 g/mol. The van der Waals surface area contributed by atoms with Gasteiger partial charge in [-0.05, 0) is 18.2 Å². The molecule has 0 atom stereocenters. The molecule has 1 N–H and O–H groups in total. The number of aromatic nitrogens is 2. The molecule has 2 aromatic rings. The van der Waals surface area contributed by atoms with Crippen LogP contribution in [0, 0.1) is 5.82 Å². The Balaban J connectivity index is 2.47. The lowest BCUT2D eigenvalue weighted by atomic mass is 9.96. The molecule has 4 nitrogen and oxygen atoms in total. The Kier molecular flexibility index (Phi) is 4.11. The summed E-state index contributed by atoms with van der Waals surface area (Å²) in [4.78, 5) is 11.0. The normalized spacial score (nSPS) is 11.3. The number of benzene rings is 1. The summed E-state index contributed by atoms with van der Waals surface area (Å²) in [6.07, 6.45) is 0. The Bertz CT molecular complexity index is 634. The zero-order valence-corrected chi connectivity index (χ0v) is 13.1. The number of hydrogen-bond acceptors (Lipinski definition) is 4. The van der Waals surface area contributed by atoms with Gasteiger partial charge in [-0.1, -0.05) is 26.8 Å². The number of anilines is 3. The van der Waals surface area contributed by atoms with Crippen molar-refractivity contribution in [2.45, 2.75) is 26.2 Å². The Morgan fingerprint density at radius 3 is 2.43 bits per heavy atom. The second kappa shape index (κ2) is 5.68. The fraction of sp³-hybridized carbons (Fsp3) is 0.375. The van der Waals surface area contributed by atoms with Crippen LogP contribution in [-0.2, 0) is 5.41 Å². The number of hydrogen-bond donors (Lipinski definition) is 1. The molecule has 0 radical (unpaired) electrons. The highest BCUT2D eigenvalue weighted by atomic mass is 19.1. The van der Waals surface area contributed by atoms with Crippen molar-refractivity contribution in [1.82, 2.24) is 9.97 Å². The lowest BCUT2D eigenvalue weighted by Gasteiger charge is -2.23. The first-order chi connectivity index (χ1) is 9.81. The molecule has 1 aromatic heterocycles. The maximum atomic E-state index is 13.4. The van der Waals surface area contributed by atoms with Crippen molar-refractivity contribution in [3.05, 3.63) is 42.0 Å². The average molecular weight is 288 g/mol. The summed E-state index contributed by atoms with van der Waals surface area (Å²) < 4.78 is 13.4. The summed E-state index contributed by atoms with van der Waals surface area (Å²) in [5, 5.41) is 3.05. The van der Waals surface area contributed by atoms with Gasteiger partial charge in [-0.15, -0.1) is 0 Å². The van der Waals surface area contributed by atoms with Crippen LogP contribution in [0.3, 0.4) is 0 Å². The van der Waals surface area contributed by atoms with Gasteiger partial charge in [-0.2, -0.15) is 0 Å². The van der Waals surface area contributed by atoms with Crippen LogP contribution in [0.15, 0.2) is 30.3 Å². The van der Waals surface area contributed by atoms with Gasteiger partial charge in [-0.25, -0.2) is 14.4 Å². The number of nitrogens with one attached hydrogen (secondary N) is 1. The van der Waals surface area contributed by atoms with E-state index in [1.807, 2.05) is 31.1 Å². The first-order valence-corrected chi connectivity index (χ1v) is 6.88. The smallest absolute Gasteiger partial charge is 0.138 e. The van der Waals surface area contributed by atoms with E-state index in [9.17, 15) is 4.39 Å². The molecule has 2 rings (SSSR count). The van der Waals surface area contributed by atoms with Gasteiger partial charge in [0, 0.05) is 31.3 Å². The molecule has 0 spiro atoms. The van der Waals surface area contributed by atoms with E-state index in [1.54, 1.807) is 6.07 Å². The molecule has 0 fully saturated rings. The third-order valence-electron chi connectivity index (χ3n) is 3.18. The minimum atomic E-state index is -0.265. The Morgan fingerprint density at radius 1 is 1.14 bits per heavy atom. The van der Waals surface area contributed by atoms with E-state index >= 15 is 0 Å². The first-order valence-electron chi connectivity index (χ1n) is 6.88. The molecule has 0 saturated carbocycles. The quantitative estimate of drug-likeness (QED) is 0.934. The molecule has 0 unspecified atom stereocenters. The van der Waals surface area contributed by atoms with E-state index in [-0.39, 0.29) is 11.2 Å². The summed E-state index contributed by atoms with van der Waals surface area (Å²) in [7, 11) is 3.68. The van der Waals surface area contributed by atoms with Gasteiger partial charge in [0.1, 0.15) is 23.3 Å². The highest BCUT2D eigenvalue weighted by molar-refractivity contribution is 5.61. The van der Waals surface area contributed by atoms with Crippen molar-refractivity contribution >= 4 is 17.3 Å². The second-order valence-electron chi connectivity index (χ2n) is 5.97. The molecule has 0 aliphatic rings. The van der Waals surface area contributed by atoms with Gasteiger partial charge in [0.15, 0.2) is 0 Å². The fourth-order valence-corrected chi connectivity index (χ4v) is 1.89. The molecule has 1 aromatic carbocycles. The zero-order valence-electron chi connectivity index (χ0n) is 13.1. The van der Waals surface area contributed by atoms with Crippen molar-refractivity contribution in [3.8, 4) is 0 Å². The predicted octanol–water partition coefficient (Wildman–Crippen LogP) is 3.72. The molecule has 0 aliphatic carbocycles. The third-order valence-corrected chi connectivity index (χ3v) is 3.18. The van der Waals surface area contributed by atoms with E-state index < -0.39 is 0 Å². The first kappa shape index (κ1) is 15.2. The van der Waals surface area contributed by atoms with E-state index in [0.29, 0.717) is 0 Å².